The number of rotatable bonds is 3. The molecule has 3 rings (SSSR count). The van der Waals surface area contributed by atoms with E-state index in [4.69, 9.17) is 5.73 Å². The molecule has 7 heteroatoms. The minimum atomic E-state index is -0.413. The number of benzene rings is 1. The van der Waals surface area contributed by atoms with Crippen LogP contribution < -0.4 is 5.73 Å². The molecule has 1 aromatic carbocycles. The minimum Gasteiger partial charge on any atom is -0.317 e. The van der Waals surface area contributed by atoms with Gasteiger partial charge in [-0.3, -0.25) is 14.9 Å². The summed E-state index contributed by atoms with van der Waals surface area (Å²) in [6.07, 6.45) is 4.54. The zero-order valence-electron chi connectivity index (χ0n) is 10.5. The van der Waals surface area contributed by atoms with Gasteiger partial charge in [-0.25, -0.2) is 0 Å². The van der Waals surface area contributed by atoms with E-state index in [0.717, 1.165) is 12.0 Å². The van der Waals surface area contributed by atoms with Crippen LogP contribution in [0.15, 0.2) is 36.5 Å². The average molecular weight is 291 g/mol. The van der Waals surface area contributed by atoms with Gasteiger partial charge in [-0.15, -0.1) is 11.8 Å². The molecule has 3 atom stereocenters. The molecule has 104 valence electrons. The van der Waals surface area contributed by atoms with Crippen LogP contribution in [0.2, 0.25) is 0 Å². The summed E-state index contributed by atoms with van der Waals surface area (Å²) in [7, 11) is 0. The van der Waals surface area contributed by atoms with Gasteiger partial charge in [0.1, 0.15) is 11.4 Å². The molecule has 0 saturated carbocycles. The normalized spacial score (nSPS) is 27.9. The largest absolute Gasteiger partial charge is 0.317 e. The molecule has 0 radical (unpaired) electrons. The third kappa shape index (κ3) is 2.19. The number of non-ortho nitro benzene ring substituents is 1. The van der Waals surface area contributed by atoms with Crippen molar-refractivity contribution >= 4 is 23.4 Å². The van der Waals surface area contributed by atoms with E-state index in [1.165, 1.54) is 12.1 Å². The molecule has 20 heavy (non-hydrogen) atoms. The van der Waals surface area contributed by atoms with Gasteiger partial charge >= 0.3 is 0 Å². The maximum absolute atomic E-state index is 11.4. The van der Waals surface area contributed by atoms with E-state index in [2.05, 4.69) is 0 Å². The summed E-state index contributed by atoms with van der Waals surface area (Å²) in [4.78, 5) is 23.3. The lowest BCUT2D eigenvalue weighted by atomic mass is 10.1. The van der Waals surface area contributed by atoms with Gasteiger partial charge in [-0.05, 0) is 12.0 Å². The summed E-state index contributed by atoms with van der Waals surface area (Å²) in [5.74, 6) is -0.0347. The first kappa shape index (κ1) is 13.1. The first-order chi connectivity index (χ1) is 9.56. The maximum Gasteiger partial charge on any atom is 0.269 e. The van der Waals surface area contributed by atoms with Crippen LogP contribution in [0.3, 0.4) is 0 Å². The van der Waals surface area contributed by atoms with Crippen LogP contribution in [0, 0.1) is 10.1 Å². The smallest absolute Gasteiger partial charge is 0.269 e. The van der Waals surface area contributed by atoms with Gasteiger partial charge < -0.3 is 10.6 Å². The SMILES string of the molecule is NC1C(=O)N2C=CC(Cc3ccc([N+](=O)[O-])cc3)S[C@H]12. The predicted molar refractivity (Wildman–Crippen MR) is 75.9 cm³/mol. The fourth-order valence-electron chi connectivity index (χ4n) is 2.33. The molecule has 1 amide bonds. The number of fused-ring (bicyclic) bond motifs is 1. The van der Waals surface area contributed by atoms with Crippen molar-refractivity contribution in [1.82, 2.24) is 4.90 Å². The Bertz CT molecular complexity index is 587. The Labute approximate surface area is 119 Å². The lowest BCUT2D eigenvalue weighted by molar-refractivity contribution is -0.384. The minimum absolute atomic E-state index is 0.0237. The summed E-state index contributed by atoms with van der Waals surface area (Å²) in [5, 5.41) is 10.9. The van der Waals surface area contributed by atoms with Crippen molar-refractivity contribution in [2.45, 2.75) is 23.1 Å². The van der Waals surface area contributed by atoms with Crippen LogP contribution in [-0.4, -0.2) is 32.4 Å². The Hall–Kier alpha value is -1.86. The van der Waals surface area contributed by atoms with Gasteiger partial charge in [0.05, 0.1) is 4.92 Å². The van der Waals surface area contributed by atoms with Crippen molar-refractivity contribution in [3.63, 3.8) is 0 Å². The standard InChI is InChI=1S/C13H13N3O3S/c14-11-12(17)15-6-5-10(20-13(11)15)7-8-1-3-9(4-2-8)16(18)19/h1-6,10-11,13H,7,14H2/t10?,11?,13-/m1/s1. The van der Waals surface area contributed by atoms with Crippen LogP contribution in [0.1, 0.15) is 5.56 Å². The molecule has 2 N–H and O–H groups in total. The second-order valence-electron chi connectivity index (χ2n) is 4.81. The Balaban J connectivity index is 1.67. The van der Waals surface area contributed by atoms with Gasteiger partial charge in [-0.1, -0.05) is 18.2 Å². The Morgan fingerprint density at radius 1 is 1.35 bits per heavy atom. The van der Waals surface area contributed by atoms with E-state index >= 15 is 0 Å². The van der Waals surface area contributed by atoms with E-state index in [1.54, 1.807) is 35.0 Å². The van der Waals surface area contributed by atoms with Crippen molar-refractivity contribution < 1.29 is 9.72 Å². The number of carbonyl (C=O) groups excluding carboxylic acids is 1. The molecular weight excluding hydrogens is 278 g/mol. The van der Waals surface area contributed by atoms with Crippen molar-refractivity contribution in [2.24, 2.45) is 5.73 Å². The number of thioether (sulfide) groups is 1. The highest BCUT2D eigenvalue weighted by Crippen LogP contribution is 2.37. The van der Waals surface area contributed by atoms with Crippen LogP contribution in [0.4, 0.5) is 5.69 Å². The second-order valence-corrected chi connectivity index (χ2v) is 6.17. The van der Waals surface area contributed by atoms with Gasteiger partial charge in [-0.2, -0.15) is 0 Å². The summed E-state index contributed by atoms with van der Waals surface area (Å²) in [6, 6.07) is 6.15. The molecule has 6 nitrogen and oxygen atoms in total. The fourth-order valence-corrected chi connectivity index (χ4v) is 3.73. The monoisotopic (exact) mass is 291 g/mol. The van der Waals surface area contributed by atoms with Crippen LogP contribution in [-0.2, 0) is 11.2 Å². The first-order valence-electron chi connectivity index (χ1n) is 6.21. The fraction of sp³-hybridized carbons (Fsp3) is 0.308. The molecular formula is C13H13N3O3S. The van der Waals surface area contributed by atoms with Gasteiger partial charge in [0.25, 0.3) is 5.69 Å². The topological polar surface area (TPSA) is 89.5 Å². The third-order valence-electron chi connectivity index (χ3n) is 3.48. The van der Waals surface area contributed by atoms with Crippen LogP contribution in [0.5, 0.6) is 0 Å². The summed E-state index contributed by atoms with van der Waals surface area (Å²) < 4.78 is 0. The molecule has 2 heterocycles. The molecule has 1 fully saturated rings. The zero-order valence-corrected chi connectivity index (χ0v) is 11.3. The molecule has 0 aromatic heterocycles. The lowest BCUT2D eigenvalue weighted by Crippen LogP contribution is -2.66. The van der Waals surface area contributed by atoms with Crippen molar-refractivity contribution in [3.8, 4) is 0 Å². The number of β-lactam (4-membered cyclic amide) rings is 1. The summed E-state index contributed by atoms with van der Waals surface area (Å²) >= 11 is 1.66. The first-order valence-corrected chi connectivity index (χ1v) is 7.15. The average Bonchev–Trinajstić information content (AvgIpc) is 2.47. The number of amides is 1. The van der Waals surface area contributed by atoms with E-state index < -0.39 is 11.0 Å². The number of nitro benzene ring substituents is 1. The predicted octanol–water partition coefficient (Wildman–Crippen LogP) is 1.26. The van der Waals surface area contributed by atoms with Crippen LogP contribution >= 0.6 is 11.8 Å². The quantitative estimate of drug-likeness (QED) is 0.514. The zero-order chi connectivity index (χ0) is 14.3. The molecule has 1 saturated heterocycles. The number of carbonyl (C=O) groups is 1. The Morgan fingerprint density at radius 2 is 2.05 bits per heavy atom. The molecule has 0 bridgehead atoms. The molecule has 1 aromatic rings. The number of nitrogens with two attached hydrogens (primary N) is 1. The maximum atomic E-state index is 11.4. The number of nitro groups is 1. The molecule has 2 unspecified atom stereocenters. The number of nitrogens with zero attached hydrogens (tertiary/aromatic N) is 2. The highest BCUT2D eigenvalue weighted by molar-refractivity contribution is 8.00. The van der Waals surface area contributed by atoms with Crippen molar-refractivity contribution in [3.05, 3.63) is 52.2 Å². The van der Waals surface area contributed by atoms with E-state index in [1.807, 2.05) is 6.08 Å². The lowest BCUT2D eigenvalue weighted by Gasteiger charge is -2.46. The van der Waals surface area contributed by atoms with E-state index in [-0.39, 0.29) is 22.2 Å². The van der Waals surface area contributed by atoms with Crippen molar-refractivity contribution in [2.75, 3.05) is 0 Å². The highest BCUT2D eigenvalue weighted by atomic mass is 32.2. The second kappa shape index (κ2) is 4.92. The Morgan fingerprint density at radius 3 is 2.70 bits per heavy atom. The van der Waals surface area contributed by atoms with Gasteiger partial charge in [0, 0.05) is 23.6 Å². The number of hydrogen-bond acceptors (Lipinski definition) is 5. The number of hydrogen-bond donors (Lipinski definition) is 1. The molecule has 2 aliphatic heterocycles. The molecule has 2 aliphatic rings. The van der Waals surface area contributed by atoms with Crippen molar-refractivity contribution in [1.29, 1.82) is 0 Å². The van der Waals surface area contributed by atoms with E-state index in [9.17, 15) is 14.9 Å². The molecule has 0 aliphatic carbocycles. The van der Waals surface area contributed by atoms with Crippen LogP contribution in [0.25, 0.3) is 0 Å². The third-order valence-corrected chi connectivity index (χ3v) is 4.95. The molecule has 0 spiro atoms. The summed E-state index contributed by atoms with van der Waals surface area (Å²) in [6.45, 7) is 0. The Kier molecular flexibility index (Phi) is 3.23. The van der Waals surface area contributed by atoms with Gasteiger partial charge in [0.15, 0.2) is 0 Å². The summed E-state index contributed by atoms with van der Waals surface area (Å²) in [5.41, 5.74) is 6.89. The highest BCUT2D eigenvalue weighted by Gasteiger charge is 2.46. The van der Waals surface area contributed by atoms with E-state index in [0.29, 0.717) is 0 Å². The van der Waals surface area contributed by atoms with Gasteiger partial charge in [0.2, 0.25) is 5.91 Å².